The van der Waals surface area contributed by atoms with Crippen LogP contribution in [0.15, 0.2) is 42.5 Å². The van der Waals surface area contributed by atoms with Crippen LogP contribution in [0.1, 0.15) is 45.3 Å². The molecule has 2 atom stereocenters. The van der Waals surface area contributed by atoms with Gasteiger partial charge in [0, 0.05) is 37.0 Å². The van der Waals surface area contributed by atoms with Gasteiger partial charge in [-0.15, -0.1) is 0 Å². The number of benzene rings is 2. The molecule has 2 aliphatic rings. The summed E-state index contributed by atoms with van der Waals surface area (Å²) in [6.45, 7) is -3.50. The van der Waals surface area contributed by atoms with E-state index in [1.165, 1.54) is 0 Å². The number of carbonyl (C=O) groups is 4. The highest BCUT2D eigenvalue weighted by Crippen LogP contribution is 2.30. The third-order valence-corrected chi connectivity index (χ3v) is 5.18. The van der Waals surface area contributed by atoms with Gasteiger partial charge in [0.05, 0.1) is 4.11 Å². The van der Waals surface area contributed by atoms with Crippen molar-refractivity contribution in [2.24, 2.45) is 0 Å². The average molecular weight is 467 g/mol. The molecular weight excluding hydrogens is 444 g/mol. The lowest BCUT2D eigenvalue weighted by molar-refractivity contribution is -0.147. The van der Waals surface area contributed by atoms with Crippen LogP contribution in [0.4, 0.5) is 8.78 Å². The number of imide groups is 1. The Labute approximate surface area is 193 Å². The summed E-state index contributed by atoms with van der Waals surface area (Å²) < 4.78 is 70.5. The smallest absolute Gasteiger partial charge is 0.346 e. The summed E-state index contributed by atoms with van der Waals surface area (Å²) in [6.07, 6.45) is -2.09. The zero-order chi connectivity index (χ0) is 27.5. The second kappa shape index (κ2) is 8.31. The SMILES string of the molecule is [2H]C1CC(=O)NC(=O)[C@]1([2H])N1Cc2cc(C([2H])([2H])N([2H])C(=O)C(F)(F)c3ccc(Cl)cc3)ccc2C1=O. The molecule has 0 aliphatic carbocycles. The van der Waals surface area contributed by atoms with Crippen molar-refractivity contribution in [2.45, 2.75) is 37.8 Å². The van der Waals surface area contributed by atoms with E-state index < -0.39 is 77.9 Å². The maximum Gasteiger partial charge on any atom is 0.349 e. The molecule has 2 aromatic carbocycles. The lowest BCUT2D eigenvalue weighted by atomic mass is 10.0. The van der Waals surface area contributed by atoms with Gasteiger partial charge in [-0.25, -0.2) is 0 Å². The molecular formula is C22H18ClF2N3O4. The molecule has 1 unspecified atom stereocenters. The number of piperidine rings is 1. The molecule has 32 heavy (non-hydrogen) atoms. The van der Waals surface area contributed by atoms with E-state index in [1.807, 2.05) is 5.32 Å². The summed E-state index contributed by atoms with van der Waals surface area (Å²) in [7, 11) is 0. The Balaban J connectivity index is 1.62. The Bertz CT molecular complexity index is 1330. The lowest BCUT2D eigenvalue weighted by Crippen LogP contribution is -2.52. The van der Waals surface area contributed by atoms with Gasteiger partial charge in [-0.2, -0.15) is 8.78 Å². The Kier molecular flexibility index (Phi) is 4.24. The summed E-state index contributed by atoms with van der Waals surface area (Å²) in [5.41, 5.74) is -1.17. The number of hydrogen-bond acceptors (Lipinski definition) is 4. The Morgan fingerprint density at radius 3 is 2.72 bits per heavy atom. The zero-order valence-electron chi connectivity index (χ0n) is 21.2. The van der Waals surface area contributed by atoms with E-state index in [-0.39, 0.29) is 16.1 Å². The largest absolute Gasteiger partial charge is 0.349 e. The van der Waals surface area contributed by atoms with Gasteiger partial charge in [0.25, 0.3) is 11.8 Å². The first-order valence-electron chi connectivity index (χ1n) is 11.8. The fourth-order valence-corrected chi connectivity index (χ4v) is 3.44. The molecule has 0 bridgehead atoms. The van der Waals surface area contributed by atoms with E-state index >= 15 is 0 Å². The maximum absolute atomic E-state index is 14.8. The summed E-state index contributed by atoms with van der Waals surface area (Å²) in [5.74, 6) is -9.15. The first-order chi connectivity index (χ1) is 17.1. The minimum Gasteiger partial charge on any atom is -0.346 e. The molecule has 0 spiro atoms. The van der Waals surface area contributed by atoms with Crippen molar-refractivity contribution in [2.75, 3.05) is 0 Å². The predicted molar refractivity (Wildman–Crippen MR) is 110 cm³/mol. The van der Waals surface area contributed by atoms with Crippen molar-refractivity contribution in [1.82, 2.24) is 15.5 Å². The standard InChI is InChI=1S/C22H18ClF2N3O4/c23-15-4-2-14(3-5-15)22(24,25)21(32)26-10-12-1-6-16-13(9-12)11-28(20(16)31)17-7-8-18(29)27-19(17)30/h1-6,9,17H,7-8,10-11H2,(H,26,32)(H,27,29,30)/t17-/m1/s1/i7D,10D2,17D/hD/t7?,17-. The molecule has 7 nitrogen and oxygen atoms in total. The van der Waals surface area contributed by atoms with Crippen molar-refractivity contribution in [3.05, 3.63) is 69.7 Å². The molecule has 2 aliphatic heterocycles. The van der Waals surface area contributed by atoms with Crippen molar-refractivity contribution < 1.29 is 34.9 Å². The third-order valence-electron chi connectivity index (χ3n) is 4.93. The number of halogens is 3. The number of nitrogens with one attached hydrogen (secondary N) is 2. The number of hydrogen-bond donors (Lipinski definition) is 2. The minimum atomic E-state index is -4.25. The summed E-state index contributed by atoms with van der Waals surface area (Å²) in [6, 6.07) is 4.76. The van der Waals surface area contributed by atoms with Gasteiger partial charge >= 0.3 is 5.92 Å². The van der Waals surface area contributed by atoms with E-state index in [0.717, 1.165) is 47.4 Å². The number of carbonyl (C=O) groups excluding carboxylic acids is 4. The number of alkyl halides is 2. The normalized spacial score (nSPS) is 25.7. The van der Waals surface area contributed by atoms with Crippen molar-refractivity contribution in [1.29, 1.82) is 0 Å². The topological polar surface area (TPSA) is 95.6 Å². The summed E-state index contributed by atoms with van der Waals surface area (Å²) in [4.78, 5) is 50.1. The van der Waals surface area contributed by atoms with E-state index in [1.54, 1.807) is 0 Å². The second-order valence-corrected chi connectivity index (χ2v) is 7.48. The molecule has 2 aromatic rings. The molecule has 1 saturated heterocycles. The van der Waals surface area contributed by atoms with Gasteiger partial charge in [-0.3, -0.25) is 24.5 Å². The monoisotopic (exact) mass is 466 g/mol. The molecule has 4 rings (SSSR count). The highest BCUT2D eigenvalue weighted by atomic mass is 35.5. The highest BCUT2D eigenvalue weighted by Gasteiger charge is 2.41. The van der Waals surface area contributed by atoms with E-state index in [0.29, 0.717) is 0 Å². The minimum absolute atomic E-state index is 0.0440. The van der Waals surface area contributed by atoms with E-state index in [2.05, 4.69) is 0 Å². The van der Waals surface area contributed by atoms with Crippen LogP contribution < -0.4 is 10.6 Å². The number of rotatable bonds is 5. The molecule has 1 fully saturated rings. The van der Waals surface area contributed by atoms with Gasteiger partial charge < -0.3 is 10.2 Å². The van der Waals surface area contributed by atoms with Crippen LogP contribution in [0, 0.1) is 0 Å². The number of fused-ring (bicyclic) bond motifs is 1. The molecule has 2 N–H and O–H groups in total. The van der Waals surface area contributed by atoms with Crippen LogP contribution >= 0.6 is 11.6 Å². The third kappa shape index (κ3) is 4.08. The summed E-state index contributed by atoms with van der Waals surface area (Å²) in [5, 5.41) is 1.57. The van der Waals surface area contributed by atoms with Crippen molar-refractivity contribution in [3.63, 3.8) is 0 Å². The van der Waals surface area contributed by atoms with E-state index in [4.69, 9.17) is 18.5 Å². The van der Waals surface area contributed by atoms with Crippen LogP contribution in [-0.2, 0) is 33.3 Å². The molecule has 0 radical (unpaired) electrons. The van der Waals surface area contributed by atoms with Gasteiger partial charge in [0.15, 0.2) is 1.41 Å². The average Bonchev–Trinajstić information content (AvgIpc) is 3.17. The van der Waals surface area contributed by atoms with Crippen molar-refractivity contribution in [3.8, 4) is 0 Å². The van der Waals surface area contributed by atoms with Gasteiger partial charge in [-0.05, 0) is 35.7 Å². The number of amides is 4. The predicted octanol–water partition coefficient (Wildman–Crippen LogP) is 2.51. The van der Waals surface area contributed by atoms with Crippen LogP contribution in [0.2, 0.25) is 6.43 Å². The van der Waals surface area contributed by atoms with E-state index in [9.17, 15) is 28.0 Å². The Morgan fingerprint density at radius 1 is 1.31 bits per heavy atom. The number of nitrogens with zero attached hydrogens (tertiary/aromatic N) is 1. The van der Waals surface area contributed by atoms with Crippen LogP contribution in [0.25, 0.3) is 0 Å². The fraction of sp³-hybridized carbons (Fsp3) is 0.273. The van der Waals surface area contributed by atoms with Crippen molar-refractivity contribution >= 4 is 35.2 Å². The summed E-state index contributed by atoms with van der Waals surface area (Å²) >= 11 is 5.68. The zero-order valence-corrected chi connectivity index (χ0v) is 17.0. The van der Waals surface area contributed by atoms with Crippen LogP contribution in [0.3, 0.4) is 0 Å². The molecule has 0 saturated carbocycles. The van der Waals surface area contributed by atoms with Crippen LogP contribution in [-0.4, -0.2) is 34.5 Å². The Hall–Kier alpha value is -3.33. The lowest BCUT2D eigenvalue weighted by Gasteiger charge is -2.29. The van der Waals surface area contributed by atoms with Crippen LogP contribution in [0.5, 0.6) is 0 Å². The maximum atomic E-state index is 14.8. The molecule has 10 heteroatoms. The first kappa shape index (κ1) is 16.3. The molecule has 4 amide bonds. The Morgan fingerprint density at radius 2 is 2.03 bits per heavy atom. The highest BCUT2D eigenvalue weighted by molar-refractivity contribution is 6.30. The molecule has 0 aromatic heterocycles. The van der Waals surface area contributed by atoms with Gasteiger partial charge in [0.2, 0.25) is 11.8 Å². The molecule has 166 valence electrons. The van der Waals surface area contributed by atoms with Gasteiger partial charge in [0.1, 0.15) is 6.02 Å². The molecule has 2 heterocycles. The second-order valence-electron chi connectivity index (χ2n) is 7.04. The first-order valence-corrected chi connectivity index (χ1v) is 9.69. The fourth-order valence-electron chi connectivity index (χ4n) is 3.31. The quantitative estimate of drug-likeness (QED) is 0.662. The van der Waals surface area contributed by atoms with Gasteiger partial charge in [-0.1, -0.05) is 35.9 Å².